The molecule has 3 aromatic rings. The number of H-pyrrole nitrogens is 2. The van der Waals surface area contributed by atoms with Crippen molar-refractivity contribution in [3.05, 3.63) is 34.5 Å². The quantitative estimate of drug-likeness (QED) is 0.660. The van der Waals surface area contributed by atoms with E-state index in [1.165, 1.54) is 0 Å². The maximum atomic E-state index is 12.0. The van der Waals surface area contributed by atoms with Gasteiger partial charge in [-0.25, -0.2) is 9.59 Å². The summed E-state index contributed by atoms with van der Waals surface area (Å²) in [6, 6.07) is 5.30. The van der Waals surface area contributed by atoms with Crippen LogP contribution in [0, 0.1) is 0 Å². The zero-order valence-corrected chi connectivity index (χ0v) is 15.3. The molecule has 2 aromatic heterocycles. The number of nitrogens with one attached hydrogen (secondary N) is 3. The summed E-state index contributed by atoms with van der Waals surface area (Å²) < 4.78 is 10.6. The summed E-state index contributed by atoms with van der Waals surface area (Å²) >= 11 is 0. The van der Waals surface area contributed by atoms with E-state index in [0.29, 0.717) is 16.6 Å². The van der Waals surface area contributed by atoms with Crippen LogP contribution in [-0.2, 0) is 10.3 Å². The highest BCUT2D eigenvalue weighted by atomic mass is 16.6. The smallest absolute Gasteiger partial charge is 0.408 e. The zero-order chi connectivity index (χ0) is 19.1. The first-order chi connectivity index (χ1) is 12.0. The van der Waals surface area contributed by atoms with Crippen molar-refractivity contribution in [2.75, 3.05) is 0 Å². The topological polar surface area (TPSA) is 126 Å². The lowest BCUT2D eigenvalue weighted by atomic mass is 10.1. The van der Waals surface area contributed by atoms with Crippen LogP contribution in [0.1, 0.15) is 40.4 Å². The van der Waals surface area contributed by atoms with E-state index in [-0.39, 0.29) is 17.4 Å². The van der Waals surface area contributed by atoms with E-state index < -0.39 is 17.2 Å². The Morgan fingerprint density at radius 3 is 2.62 bits per heavy atom. The van der Waals surface area contributed by atoms with Gasteiger partial charge in [0.25, 0.3) is 5.89 Å². The second-order valence-electron chi connectivity index (χ2n) is 7.48. The molecule has 138 valence electrons. The van der Waals surface area contributed by atoms with Crippen LogP contribution < -0.4 is 11.0 Å². The standard InChI is InChI=1S/C17H21N5O4/c1-16(2,3)25-15(24)21-17(4,5)13-20-12(26-22-13)9-7-6-8-10-11(9)19-14(23)18-10/h6-8H,1-5H3,(H,21,24)(H2,18,19,23). The van der Waals surface area contributed by atoms with E-state index in [2.05, 4.69) is 25.4 Å². The fraction of sp³-hybridized carbons (Fsp3) is 0.412. The molecule has 0 fully saturated rings. The molecule has 0 saturated heterocycles. The van der Waals surface area contributed by atoms with Crippen molar-refractivity contribution in [1.29, 1.82) is 0 Å². The van der Waals surface area contributed by atoms with Gasteiger partial charge in [0.05, 0.1) is 16.6 Å². The highest BCUT2D eigenvalue weighted by Crippen LogP contribution is 2.27. The first-order valence-electron chi connectivity index (χ1n) is 8.12. The number of aromatic amines is 2. The number of carbonyl (C=O) groups is 1. The largest absolute Gasteiger partial charge is 0.444 e. The van der Waals surface area contributed by atoms with Crippen LogP contribution in [0.2, 0.25) is 0 Å². The molecule has 0 unspecified atom stereocenters. The van der Waals surface area contributed by atoms with E-state index in [4.69, 9.17) is 9.26 Å². The number of carbonyl (C=O) groups excluding carboxylic acids is 1. The summed E-state index contributed by atoms with van der Waals surface area (Å²) in [5, 5.41) is 6.69. The van der Waals surface area contributed by atoms with Crippen molar-refractivity contribution in [2.45, 2.75) is 45.8 Å². The van der Waals surface area contributed by atoms with Gasteiger partial charge in [-0.1, -0.05) is 11.2 Å². The number of nitrogens with zero attached hydrogens (tertiary/aromatic N) is 2. The molecule has 0 spiro atoms. The summed E-state index contributed by atoms with van der Waals surface area (Å²) in [4.78, 5) is 33.3. The molecule has 0 radical (unpaired) electrons. The van der Waals surface area contributed by atoms with Gasteiger partial charge in [0, 0.05) is 0 Å². The fourth-order valence-corrected chi connectivity index (χ4v) is 2.44. The molecular formula is C17H21N5O4. The minimum absolute atomic E-state index is 0.236. The second-order valence-corrected chi connectivity index (χ2v) is 7.48. The third kappa shape index (κ3) is 3.61. The number of aromatic nitrogens is 4. The molecule has 0 atom stereocenters. The van der Waals surface area contributed by atoms with Crippen LogP contribution in [-0.4, -0.2) is 31.8 Å². The predicted molar refractivity (Wildman–Crippen MR) is 94.6 cm³/mol. The van der Waals surface area contributed by atoms with Crippen molar-refractivity contribution in [3.8, 4) is 11.5 Å². The van der Waals surface area contributed by atoms with Gasteiger partial charge >= 0.3 is 11.8 Å². The van der Waals surface area contributed by atoms with Crippen LogP contribution in [0.15, 0.2) is 27.5 Å². The molecule has 0 aliphatic rings. The highest BCUT2D eigenvalue weighted by Gasteiger charge is 2.31. The predicted octanol–water partition coefficient (Wildman–Crippen LogP) is 2.67. The molecule has 3 N–H and O–H groups in total. The molecule has 1 aromatic carbocycles. The number of ether oxygens (including phenoxy) is 1. The zero-order valence-electron chi connectivity index (χ0n) is 15.3. The number of fused-ring (bicyclic) bond motifs is 1. The molecule has 0 bridgehead atoms. The first-order valence-corrected chi connectivity index (χ1v) is 8.12. The average molecular weight is 359 g/mol. The Morgan fingerprint density at radius 1 is 1.19 bits per heavy atom. The van der Waals surface area contributed by atoms with Crippen LogP contribution in [0.5, 0.6) is 0 Å². The van der Waals surface area contributed by atoms with Gasteiger partial charge in [-0.05, 0) is 46.8 Å². The van der Waals surface area contributed by atoms with Crippen LogP contribution in [0.4, 0.5) is 4.79 Å². The molecule has 9 heteroatoms. The Balaban J connectivity index is 1.89. The number of amides is 1. The molecule has 3 rings (SSSR count). The Labute approximate surface area is 149 Å². The summed E-state index contributed by atoms with van der Waals surface area (Å²) in [6.45, 7) is 8.83. The Kier molecular flexibility index (Phi) is 4.09. The monoisotopic (exact) mass is 359 g/mol. The van der Waals surface area contributed by atoms with E-state index in [1.807, 2.05) is 0 Å². The van der Waals surface area contributed by atoms with Gasteiger partial charge in [-0.2, -0.15) is 4.98 Å². The van der Waals surface area contributed by atoms with E-state index in [0.717, 1.165) is 0 Å². The molecule has 2 heterocycles. The molecule has 0 aliphatic carbocycles. The van der Waals surface area contributed by atoms with E-state index in [1.54, 1.807) is 52.8 Å². The Hall–Kier alpha value is -3.10. The summed E-state index contributed by atoms with van der Waals surface area (Å²) in [6.07, 6.45) is -0.578. The summed E-state index contributed by atoms with van der Waals surface area (Å²) in [7, 11) is 0. The van der Waals surface area contributed by atoms with Gasteiger partial charge in [0.15, 0.2) is 5.82 Å². The van der Waals surface area contributed by atoms with Crippen molar-refractivity contribution < 1.29 is 14.1 Å². The molecule has 9 nitrogen and oxygen atoms in total. The second kappa shape index (κ2) is 6.01. The number of rotatable bonds is 3. The maximum Gasteiger partial charge on any atom is 0.408 e. The Morgan fingerprint density at radius 2 is 1.92 bits per heavy atom. The number of alkyl carbamates (subject to hydrolysis) is 1. The first kappa shape index (κ1) is 17.7. The number of hydrogen-bond donors (Lipinski definition) is 3. The van der Waals surface area contributed by atoms with E-state index >= 15 is 0 Å². The normalized spacial score (nSPS) is 12.3. The average Bonchev–Trinajstić information content (AvgIpc) is 3.09. The number of hydrogen-bond acceptors (Lipinski definition) is 6. The fourth-order valence-electron chi connectivity index (χ4n) is 2.44. The van der Waals surface area contributed by atoms with Gasteiger partial charge in [-0.3, -0.25) is 0 Å². The summed E-state index contributed by atoms with van der Waals surface area (Å²) in [5.41, 5.74) is -0.0437. The lowest BCUT2D eigenvalue weighted by Gasteiger charge is -2.26. The van der Waals surface area contributed by atoms with Gasteiger partial charge in [0.1, 0.15) is 11.1 Å². The highest BCUT2D eigenvalue weighted by molar-refractivity contribution is 5.89. The number of benzene rings is 1. The summed E-state index contributed by atoms with van der Waals surface area (Å²) in [5.74, 6) is 0.521. The molecule has 0 aliphatic heterocycles. The van der Waals surface area contributed by atoms with Gasteiger partial charge < -0.3 is 24.5 Å². The van der Waals surface area contributed by atoms with Gasteiger partial charge in [-0.15, -0.1) is 0 Å². The molecule has 1 amide bonds. The minimum Gasteiger partial charge on any atom is -0.444 e. The van der Waals surface area contributed by atoms with Crippen LogP contribution >= 0.6 is 0 Å². The molecule has 0 saturated carbocycles. The minimum atomic E-state index is -0.913. The number of imidazole rings is 1. The van der Waals surface area contributed by atoms with Crippen molar-refractivity contribution >= 4 is 17.1 Å². The molecule has 26 heavy (non-hydrogen) atoms. The Bertz CT molecular complexity index is 1010. The van der Waals surface area contributed by atoms with E-state index in [9.17, 15) is 9.59 Å². The van der Waals surface area contributed by atoms with Crippen LogP contribution in [0.3, 0.4) is 0 Å². The van der Waals surface area contributed by atoms with Crippen molar-refractivity contribution in [3.63, 3.8) is 0 Å². The maximum absolute atomic E-state index is 12.0. The third-order valence-corrected chi connectivity index (χ3v) is 3.58. The lowest BCUT2D eigenvalue weighted by Crippen LogP contribution is -2.44. The number of para-hydroxylation sites is 1. The third-order valence-electron chi connectivity index (χ3n) is 3.58. The lowest BCUT2D eigenvalue weighted by molar-refractivity contribution is 0.0465. The molecular weight excluding hydrogens is 338 g/mol. The van der Waals surface area contributed by atoms with Gasteiger partial charge in [0.2, 0.25) is 0 Å². The van der Waals surface area contributed by atoms with Crippen molar-refractivity contribution in [2.24, 2.45) is 0 Å². The van der Waals surface area contributed by atoms with Crippen molar-refractivity contribution in [1.82, 2.24) is 25.4 Å². The SMILES string of the molecule is CC(C)(C)OC(=O)NC(C)(C)c1noc(-c2cccc3[nH]c(=O)[nH]c23)n1. The van der Waals surface area contributed by atoms with Crippen LogP contribution in [0.25, 0.3) is 22.5 Å².